The van der Waals surface area contributed by atoms with Gasteiger partial charge in [0.25, 0.3) is 0 Å². The Kier molecular flexibility index (Phi) is 5.97. The molecule has 2 fully saturated rings. The van der Waals surface area contributed by atoms with Crippen LogP contribution < -0.4 is 5.32 Å². The Labute approximate surface area is 103 Å². The van der Waals surface area contributed by atoms with Crippen molar-refractivity contribution in [2.75, 3.05) is 37.9 Å². The lowest BCUT2D eigenvalue weighted by Gasteiger charge is -2.22. The predicted molar refractivity (Wildman–Crippen MR) is 68.1 cm³/mol. The lowest BCUT2D eigenvalue weighted by atomic mass is 10.2. The monoisotopic (exact) mass is 245 g/mol. The summed E-state index contributed by atoms with van der Waals surface area (Å²) in [5, 5.41) is 3.56. The smallest absolute Gasteiger partial charge is 0.0809 e. The van der Waals surface area contributed by atoms with Gasteiger partial charge < -0.3 is 14.8 Å². The Morgan fingerprint density at radius 3 is 3.06 bits per heavy atom. The largest absolute Gasteiger partial charge is 0.377 e. The van der Waals surface area contributed by atoms with Crippen LogP contribution >= 0.6 is 11.8 Å². The molecule has 0 bridgehead atoms. The number of hydrogen-bond donors (Lipinski definition) is 1. The zero-order chi connectivity index (χ0) is 11.1. The first kappa shape index (κ1) is 12.7. The molecule has 3 nitrogen and oxygen atoms in total. The minimum absolute atomic E-state index is 0.366. The summed E-state index contributed by atoms with van der Waals surface area (Å²) in [4.78, 5) is 0. The molecule has 0 aromatic carbocycles. The first-order valence-corrected chi connectivity index (χ1v) is 7.61. The summed E-state index contributed by atoms with van der Waals surface area (Å²) in [6, 6.07) is 0.713. The van der Waals surface area contributed by atoms with Gasteiger partial charge >= 0.3 is 0 Å². The maximum absolute atomic E-state index is 5.61. The average Bonchev–Trinajstić information content (AvgIpc) is 2.83. The molecule has 2 saturated heterocycles. The van der Waals surface area contributed by atoms with E-state index in [1.165, 1.54) is 37.2 Å². The van der Waals surface area contributed by atoms with Gasteiger partial charge in [-0.2, -0.15) is 11.8 Å². The molecule has 16 heavy (non-hydrogen) atoms. The van der Waals surface area contributed by atoms with Crippen LogP contribution in [0, 0.1) is 0 Å². The van der Waals surface area contributed by atoms with Crippen LogP contribution in [0.3, 0.4) is 0 Å². The van der Waals surface area contributed by atoms with E-state index >= 15 is 0 Å². The highest BCUT2D eigenvalue weighted by atomic mass is 32.2. The van der Waals surface area contributed by atoms with Crippen molar-refractivity contribution in [3.63, 3.8) is 0 Å². The van der Waals surface area contributed by atoms with E-state index in [-0.39, 0.29) is 0 Å². The number of hydrogen-bond acceptors (Lipinski definition) is 4. The third kappa shape index (κ3) is 4.62. The van der Waals surface area contributed by atoms with Gasteiger partial charge in [0.05, 0.1) is 19.3 Å². The molecule has 0 radical (unpaired) electrons. The summed E-state index contributed by atoms with van der Waals surface area (Å²) in [5.41, 5.74) is 0. The highest BCUT2D eigenvalue weighted by Gasteiger charge is 2.15. The normalized spacial score (nSPS) is 30.8. The molecule has 0 aromatic rings. The quantitative estimate of drug-likeness (QED) is 0.721. The Balaban J connectivity index is 1.42. The second kappa shape index (κ2) is 7.54. The van der Waals surface area contributed by atoms with Crippen molar-refractivity contribution in [3.8, 4) is 0 Å². The van der Waals surface area contributed by atoms with E-state index in [1.54, 1.807) is 0 Å². The van der Waals surface area contributed by atoms with E-state index in [1.807, 2.05) is 0 Å². The van der Waals surface area contributed by atoms with Crippen molar-refractivity contribution in [3.05, 3.63) is 0 Å². The fourth-order valence-electron chi connectivity index (χ4n) is 2.23. The molecule has 0 saturated carbocycles. The Bertz CT molecular complexity index is 180. The van der Waals surface area contributed by atoms with Gasteiger partial charge in [0, 0.05) is 24.9 Å². The van der Waals surface area contributed by atoms with Crippen LogP contribution in [0.25, 0.3) is 0 Å². The van der Waals surface area contributed by atoms with Crippen molar-refractivity contribution in [2.24, 2.45) is 0 Å². The molecule has 2 unspecified atom stereocenters. The Morgan fingerprint density at radius 2 is 2.31 bits per heavy atom. The fraction of sp³-hybridized carbons (Fsp3) is 1.00. The summed E-state index contributed by atoms with van der Waals surface area (Å²) in [6.45, 7) is 3.51. The van der Waals surface area contributed by atoms with Crippen LogP contribution in [-0.4, -0.2) is 50.0 Å². The SMILES string of the molecule is C1CSCC(NCCOCC2CCCO2)C1. The Morgan fingerprint density at radius 1 is 1.31 bits per heavy atom. The minimum atomic E-state index is 0.366. The first-order chi connectivity index (χ1) is 7.95. The minimum Gasteiger partial charge on any atom is -0.377 e. The third-order valence-electron chi connectivity index (χ3n) is 3.17. The average molecular weight is 245 g/mol. The van der Waals surface area contributed by atoms with Gasteiger partial charge in [0.15, 0.2) is 0 Å². The number of thioether (sulfide) groups is 1. The predicted octanol–water partition coefficient (Wildman–Crippen LogP) is 1.67. The van der Waals surface area contributed by atoms with Gasteiger partial charge in [0.1, 0.15) is 0 Å². The topological polar surface area (TPSA) is 30.5 Å². The summed E-state index contributed by atoms with van der Waals surface area (Å²) in [7, 11) is 0. The second-order valence-corrected chi connectivity index (χ2v) is 5.73. The van der Waals surface area contributed by atoms with Gasteiger partial charge in [-0.3, -0.25) is 0 Å². The van der Waals surface area contributed by atoms with Crippen molar-refractivity contribution < 1.29 is 9.47 Å². The number of nitrogens with one attached hydrogen (secondary N) is 1. The zero-order valence-corrected chi connectivity index (χ0v) is 10.8. The van der Waals surface area contributed by atoms with Gasteiger partial charge in [-0.25, -0.2) is 0 Å². The van der Waals surface area contributed by atoms with E-state index < -0.39 is 0 Å². The van der Waals surface area contributed by atoms with Gasteiger partial charge in [-0.15, -0.1) is 0 Å². The maximum atomic E-state index is 5.61. The lowest BCUT2D eigenvalue weighted by molar-refractivity contribution is 0.0179. The fourth-order valence-corrected chi connectivity index (χ4v) is 3.33. The Hall–Kier alpha value is 0.230. The van der Waals surface area contributed by atoms with Crippen LogP contribution in [0.4, 0.5) is 0 Å². The van der Waals surface area contributed by atoms with Gasteiger partial charge in [-0.1, -0.05) is 0 Å². The molecule has 2 aliphatic rings. The van der Waals surface area contributed by atoms with Crippen LogP contribution in [-0.2, 0) is 9.47 Å². The summed E-state index contributed by atoms with van der Waals surface area (Å²) in [5.74, 6) is 2.61. The molecule has 0 aliphatic carbocycles. The first-order valence-electron chi connectivity index (χ1n) is 6.45. The van der Waals surface area contributed by atoms with Gasteiger partial charge in [0.2, 0.25) is 0 Å². The molecule has 2 heterocycles. The molecule has 94 valence electrons. The highest BCUT2D eigenvalue weighted by molar-refractivity contribution is 7.99. The summed E-state index contributed by atoms with van der Waals surface area (Å²) >= 11 is 2.06. The van der Waals surface area contributed by atoms with Gasteiger partial charge in [-0.05, 0) is 31.4 Å². The second-order valence-electron chi connectivity index (χ2n) is 4.58. The molecule has 0 amide bonds. The molecule has 2 rings (SSSR count). The van der Waals surface area contributed by atoms with E-state index in [9.17, 15) is 0 Å². The summed E-state index contributed by atoms with van der Waals surface area (Å²) in [6.07, 6.45) is 5.43. The standard InChI is InChI=1S/C12H23NO2S/c1-4-12(15-6-1)9-14-7-5-13-11-3-2-8-16-10-11/h11-13H,1-10H2. The molecule has 4 heteroatoms. The van der Waals surface area contributed by atoms with E-state index in [0.29, 0.717) is 12.1 Å². The number of ether oxygens (including phenoxy) is 2. The number of rotatable bonds is 6. The molecule has 0 aromatic heterocycles. The molecule has 0 spiro atoms. The van der Waals surface area contributed by atoms with E-state index in [4.69, 9.17) is 9.47 Å². The zero-order valence-electron chi connectivity index (χ0n) is 9.95. The van der Waals surface area contributed by atoms with Crippen LogP contribution in [0.2, 0.25) is 0 Å². The van der Waals surface area contributed by atoms with Crippen LogP contribution in [0.5, 0.6) is 0 Å². The van der Waals surface area contributed by atoms with Crippen molar-refractivity contribution in [1.82, 2.24) is 5.32 Å². The van der Waals surface area contributed by atoms with E-state index in [0.717, 1.165) is 26.4 Å². The molecule has 2 aliphatic heterocycles. The third-order valence-corrected chi connectivity index (χ3v) is 4.38. The van der Waals surface area contributed by atoms with Crippen LogP contribution in [0.15, 0.2) is 0 Å². The molecule has 1 N–H and O–H groups in total. The molecular weight excluding hydrogens is 222 g/mol. The maximum Gasteiger partial charge on any atom is 0.0809 e. The van der Waals surface area contributed by atoms with Crippen LogP contribution in [0.1, 0.15) is 25.7 Å². The summed E-state index contributed by atoms with van der Waals surface area (Å²) < 4.78 is 11.1. The lowest BCUT2D eigenvalue weighted by Crippen LogP contribution is -2.36. The van der Waals surface area contributed by atoms with E-state index in [2.05, 4.69) is 17.1 Å². The van der Waals surface area contributed by atoms with Crippen molar-refractivity contribution >= 4 is 11.8 Å². The molecular formula is C12H23NO2S. The van der Waals surface area contributed by atoms with Crippen molar-refractivity contribution in [2.45, 2.75) is 37.8 Å². The molecule has 2 atom stereocenters. The highest BCUT2D eigenvalue weighted by Crippen LogP contribution is 2.16. The van der Waals surface area contributed by atoms with Crippen molar-refractivity contribution in [1.29, 1.82) is 0 Å².